The molecule has 1 heterocycles. The van der Waals surface area contributed by atoms with Gasteiger partial charge < -0.3 is 4.74 Å². The zero-order chi connectivity index (χ0) is 12.2. The van der Waals surface area contributed by atoms with E-state index in [-0.39, 0.29) is 17.0 Å². The lowest BCUT2D eigenvalue weighted by atomic mass is 10.0. The molecule has 0 aromatic carbocycles. The maximum absolute atomic E-state index is 11.9. The minimum Gasteiger partial charge on any atom is -0.385 e. The number of halogens is 1. The van der Waals surface area contributed by atoms with Crippen LogP contribution in [0.15, 0.2) is 0 Å². The van der Waals surface area contributed by atoms with Gasteiger partial charge in [-0.1, -0.05) is 6.92 Å². The van der Waals surface area contributed by atoms with Crippen LogP contribution < -0.4 is 0 Å². The summed E-state index contributed by atoms with van der Waals surface area (Å²) in [7, 11) is -1.54. The lowest BCUT2D eigenvalue weighted by Crippen LogP contribution is -2.44. The van der Waals surface area contributed by atoms with E-state index >= 15 is 0 Å². The third-order valence-corrected chi connectivity index (χ3v) is 5.48. The molecule has 0 spiro atoms. The van der Waals surface area contributed by atoms with Gasteiger partial charge in [0.1, 0.15) is 0 Å². The minimum atomic E-state index is -3.12. The number of alkyl halides is 1. The molecule has 6 heteroatoms. The van der Waals surface area contributed by atoms with E-state index in [0.29, 0.717) is 26.1 Å². The predicted molar refractivity (Wildman–Crippen MR) is 65.3 cm³/mol. The maximum atomic E-state index is 11.9. The van der Waals surface area contributed by atoms with Crippen LogP contribution in [0.2, 0.25) is 0 Å². The van der Waals surface area contributed by atoms with Crippen LogP contribution in [0.3, 0.4) is 0 Å². The van der Waals surface area contributed by atoms with E-state index in [1.165, 1.54) is 0 Å². The molecule has 1 aliphatic rings. The number of rotatable bonds is 5. The van der Waals surface area contributed by atoms with Crippen molar-refractivity contribution in [2.45, 2.75) is 25.1 Å². The Bertz CT molecular complexity index is 307. The van der Waals surface area contributed by atoms with Crippen molar-refractivity contribution in [3.63, 3.8) is 0 Å². The Morgan fingerprint density at radius 1 is 1.50 bits per heavy atom. The Kier molecular flexibility index (Phi) is 5.50. The van der Waals surface area contributed by atoms with Crippen LogP contribution in [0.5, 0.6) is 0 Å². The normalized spacial score (nSPS) is 28.2. The SMILES string of the molecule is COCCCS(=O)(=O)N1CCC(Cl)C(C)C1. The number of sulfonamides is 1. The van der Waals surface area contributed by atoms with Crippen molar-refractivity contribution in [1.29, 1.82) is 0 Å². The molecule has 0 N–H and O–H groups in total. The molecule has 0 radical (unpaired) electrons. The summed E-state index contributed by atoms with van der Waals surface area (Å²) in [5.41, 5.74) is 0. The van der Waals surface area contributed by atoms with Crippen LogP contribution in [-0.2, 0) is 14.8 Å². The number of ether oxygens (including phenoxy) is 1. The van der Waals surface area contributed by atoms with Crippen LogP contribution in [0, 0.1) is 5.92 Å². The van der Waals surface area contributed by atoms with E-state index in [2.05, 4.69) is 0 Å². The highest BCUT2D eigenvalue weighted by molar-refractivity contribution is 7.89. The molecule has 0 aromatic rings. The Balaban J connectivity index is 2.49. The topological polar surface area (TPSA) is 46.6 Å². The van der Waals surface area contributed by atoms with Gasteiger partial charge in [0.2, 0.25) is 10.0 Å². The Labute approximate surface area is 103 Å². The van der Waals surface area contributed by atoms with Gasteiger partial charge in [0, 0.05) is 32.2 Å². The van der Waals surface area contributed by atoms with Gasteiger partial charge in [-0.3, -0.25) is 0 Å². The average molecular weight is 270 g/mol. The first-order valence-corrected chi connectivity index (χ1v) is 7.62. The lowest BCUT2D eigenvalue weighted by molar-refractivity contribution is 0.198. The van der Waals surface area contributed by atoms with Gasteiger partial charge in [-0.25, -0.2) is 12.7 Å². The molecule has 0 aliphatic carbocycles. The smallest absolute Gasteiger partial charge is 0.214 e. The molecule has 0 saturated carbocycles. The Morgan fingerprint density at radius 3 is 2.75 bits per heavy atom. The fourth-order valence-electron chi connectivity index (χ4n) is 1.85. The van der Waals surface area contributed by atoms with E-state index in [4.69, 9.17) is 16.3 Å². The fraction of sp³-hybridized carbons (Fsp3) is 1.00. The third kappa shape index (κ3) is 3.87. The van der Waals surface area contributed by atoms with Crippen molar-refractivity contribution >= 4 is 21.6 Å². The molecule has 1 rings (SSSR count). The number of nitrogens with zero attached hydrogens (tertiary/aromatic N) is 1. The summed E-state index contributed by atoms with van der Waals surface area (Å²) in [6, 6.07) is 0. The van der Waals surface area contributed by atoms with Crippen LogP contribution in [-0.4, -0.2) is 50.7 Å². The molecule has 96 valence electrons. The molecule has 1 fully saturated rings. The Hall–Kier alpha value is 0.160. The summed E-state index contributed by atoms with van der Waals surface area (Å²) in [5, 5.41) is 0.102. The highest BCUT2D eigenvalue weighted by atomic mass is 35.5. The van der Waals surface area contributed by atoms with Crippen LogP contribution >= 0.6 is 11.6 Å². The zero-order valence-electron chi connectivity index (χ0n) is 9.86. The number of hydrogen-bond donors (Lipinski definition) is 0. The van der Waals surface area contributed by atoms with Crippen molar-refractivity contribution in [2.75, 3.05) is 32.6 Å². The first kappa shape index (κ1) is 14.2. The van der Waals surface area contributed by atoms with Crippen molar-refractivity contribution in [1.82, 2.24) is 4.31 Å². The van der Waals surface area contributed by atoms with Crippen molar-refractivity contribution in [3.05, 3.63) is 0 Å². The molecule has 16 heavy (non-hydrogen) atoms. The standard InChI is InChI=1S/C10H20ClNO3S/c1-9-8-12(5-4-10(9)11)16(13,14)7-3-6-15-2/h9-10H,3-8H2,1-2H3. The quantitative estimate of drug-likeness (QED) is 0.558. The third-order valence-electron chi connectivity index (χ3n) is 2.91. The summed E-state index contributed by atoms with van der Waals surface area (Å²) < 4.78 is 30.3. The number of piperidine rings is 1. The van der Waals surface area contributed by atoms with E-state index in [9.17, 15) is 8.42 Å². The second-order valence-electron chi connectivity index (χ2n) is 4.30. The van der Waals surface area contributed by atoms with Gasteiger partial charge in [-0.05, 0) is 18.8 Å². The van der Waals surface area contributed by atoms with Gasteiger partial charge in [0.15, 0.2) is 0 Å². The van der Waals surface area contributed by atoms with E-state index in [1.54, 1.807) is 11.4 Å². The first-order valence-electron chi connectivity index (χ1n) is 5.58. The van der Waals surface area contributed by atoms with Gasteiger partial charge in [0.05, 0.1) is 5.75 Å². The second-order valence-corrected chi connectivity index (χ2v) is 6.95. The Morgan fingerprint density at radius 2 is 2.19 bits per heavy atom. The monoisotopic (exact) mass is 269 g/mol. The van der Waals surface area contributed by atoms with E-state index < -0.39 is 10.0 Å². The zero-order valence-corrected chi connectivity index (χ0v) is 11.4. The molecule has 4 nitrogen and oxygen atoms in total. The lowest BCUT2D eigenvalue weighted by Gasteiger charge is -2.33. The van der Waals surface area contributed by atoms with Gasteiger partial charge in [0.25, 0.3) is 0 Å². The highest BCUT2D eigenvalue weighted by Gasteiger charge is 2.31. The number of hydrogen-bond acceptors (Lipinski definition) is 3. The molecular formula is C10H20ClNO3S. The summed E-state index contributed by atoms with van der Waals surface area (Å²) >= 11 is 6.07. The summed E-state index contributed by atoms with van der Waals surface area (Å²) in [6.45, 7) is 3.58. The summed E-state index contributed by atoms with van der Waals surface area (Å²) in [6.07, 6.45) is 1.29. The molecular weight excluding hydrogens is 250 g/mol. The van der Waals surface area contributed by atoms with Crippen LogP contribution in [0.1, 0.15) is 19.8 Å². The van der Waals surface area contributed by atoms with Crippen molar-refractivity contribution in [3.8, 4) is 0 Å². The molecule has 0 amide bonds. The molecule has 2 unspecified atom stereocenters. The molecule has 0 bridgehead atoms. The predicted octanol–water partition coefficient (Wildman–Crippen LogP) is 1.30. The molecule has 2 atom stereocenters. The summed E-state index contributed by atoms with van der Waals surface area (Å²) in [5.74, 6) is 0.396. The fourth-order valence-corrected chi connectivity index (χ4v) is 3.61. The first-order chi connectivity index (χ1) is 7.47. The van der Waals surface area contributed by atoms with Crippen LogP contribution in [0.25, 0.3) is 0 Å². The van der Waals surface area contributed by atoms with Crippen LogP contribution in [0.4, 0.5) is 0 Å². The largest absolute Gasteiger partial charge is 0.385 e. The highest BCUT2D eigenvalue weighted by Crippen LogP contribution is 2.23. The molecule has 1 aliphatic heterocycles. The van der Waals surface area contributed by atoms with Gasteiger partial charge in [-0.2, -0.15) is 0 Å². The summed E-state index contributed by atoms with van der Waals surface area (Å²) in [4.78, 5) is 0. The molecule has 0 aromatic heterocycles. The van der Waals surface area contributed by atoms with Crippen molar-refractivity contribution in [2.24, 2.45) is 5.92 Å². The van der Waals surface area contributed by atoms with Gasteiger partial charge in [-0.15, -0.1) is 11.6 Å². The van der Waals surface area contributed by atoms with Crippen molar-refractivity contribution < 1.29 is 13.2 Å². The van der Waals surface area contributed by atoms with E-state index in [1.807, 2.05) is 6.92 Å². The minimum absolute atomic E-state index is 0.102. The molecule has 1 saturated heterocycles. The average Bonchev–Trinajstić information content (AvgIpc) is 2.22. The maximum Gasteiger partial charge on any atom is 0.214 e. The second kappa shape index (κ2) is 6.19. The number of methoxy groups -OCH3 is 1. The van der Waals surface area contributed by atoms with Gasteiger partial charge >= 0.3 is 0 Å². The van der Waals surface area contributed by atoms with E-state index in [0.717, 1.165) is 6.42 Å².